The Labute approximate surface area is 289 Å². The Kier molecular flexibility index (Phi) is 12.5. The van der Waals surface area contributed by atoms with Crippen molar-refractivity contribution in [2.24, 2.45) is 10.8 Å². The molecule has 0 amide bonds. The quantitative estimate of drug-likeness (QED) is 0.0699. The standard InChI is InChI=1S/C26H21N2.C15H28O2.Ir/c1-16(2)26-27-24(21-11-10-18-6-4-5-7-20(18)15-21)22-13-12-19-9-8-17(3)14-23(19)25(22)28-26;1-7-14(5,8-2)12(16)11-13(17)15(6,9-3)10-4;/h4-10,12-16H,1-3H3;11,16H,7-10H2,1-6H3;/q-1;;/b;12-11-;. The smallest absolute Gasteiger partial charge is 0.164 e. The molecule has 0 aliphatic carbocycles. The van der Waals surface area contributed by atoms with E-state index in [-0.39, 0.29) is 48.4 Å². The van der Waals surface area contributed by atoms with E-state index in [2.05, 4.69) is 93.6 Å². The molecule has 5 rings (SSSR count). The zero-order chi connectivity index (χ0) is 32.9. The van der Waals surface area contributed by atoms with Gasteiger partial charge in [0.15, 0.2) is 5.78 Å². The van der Waals surface area contributed by atoms with Crippen LogP contribution in [0.1, 0.15) is 98.4 Å². The van der Waals surface area contributed by atoms with Gasteiger partial charge in [0.1, 0.15) is 11.6 Å². The molecule has 0 saturated heterocycles. The summed E-state index contributed by atoms with van der Waals surface area (Å²) in [4.78, 5) is 22.1. The summed E-state index contributed by atoms with van der Waals surface area (Å²) in [6, 6.07) is 26.9. The van der Waals surface area contributed by atoms with E-state index in [0.29, 0.717) is 0 Å². The predicted molar refractivity (Wildman–Crippen MR) is 191 cm³/mol. The number of carbonyl (C=O) groups is 1. The van der Waals surface area contributed by atoms with E-state index in [1.54, 1.807) is 0 Å². The summed E-state index contributed by atoms with van der Waals surface area (Å²) < 4.78 is 0. The van der Waals surface area contributed by atoms with Crippen LogP contribution in [0.2, 0.25) is 0 Å². The molecule has 0 spiro atoms. The Morgan fingerprint density at radius 3 is 2.04 bits per heavy atom. The van der Waals surface area contributed by atoms with E-state index < -0.39 is 0 Å². The van der Waals surface area contributed by atoms with Gasteiger partial charge in [-0.2, -0.15) is 0 Å². The Bertz CT molecular complexity index is 1850. The first-order valence-electron chi connectivity index (χ1n) is 16.5. The molecule has 5 aromatic rings. The molecule has 1 radical (unpaired) electrons. The van der Waals surface area contributed by atoms with Gasteiger partial charge in [0.05, 0.1) is 5.52 Å². The number of aliphatic hydroxyl groups excluding tert-OH is 1. The van der Waals surface area contributed by atoms with Gasteiger partial charge >= 0.3 is 0 Å². The fraction of sp³-hybridized carbons (Fsp3) is 0.390. The number of aryl methyl sites for hydroxylation is 1. The maximum absolute atomic E-state index is 12.2. The van der Waals surface area contributed by atoms with Gasteiger partial charge in [-0.3, -0.25) is 9.78 Å². The molecule has 1 N–H and O–H groups in total. The molecule has 1 aromatic heterocycles. The molecule has 1 heterocycles. The number of hydrogen-bond donors (Lipinski definition) is 1. The van der Waals surface area contributed by atoms with Crippen LogP contribution in [0, 0.1) is 23.8 Å². The molecule has 4 aromatic carbocycles. The summed E-state index contributed by atoms with van der Waals surface area (Å²) in [7, 11) is 0. The SMILES string of the molecule is CCC(C)(CC)C(=O)/C=C(\O)C(C)(CC)CC.Cc1ccc2ccc3c(-c4[c-]cc5ccccc5c4)nc(C(C)C)nc3c2c1.[Ir]. The summed E-state index contributed by atoms with van der Waals surface area (Å²) >= 11 is 0. The monoisotopic (exact) mass is 794 g/mol. The molecular formula is C41H49IrN2O2-. The van der Waals surface area contributed by atoms with Crippen LogP contribution in [0.15, 0.2) is 78.6 Å². The van der Waals surface area contributed by atoms with Crippen LogP contribution in [0.3, 0.4) is 0 Å². The van der Waals surface area contributed by atoms with Crippen molar-refractivity contribution in [3.63, 3.8) is 0 Å². The molecular weight excluding hydrogens is 745 g/mol. The number of rotatable bonds is 9. The second kappa shape index (κ2) is 15.5. The topological polar surface area (TPSA) is 63.1 Å². The Hall–Kier alpha value is -3.40. The van der Waals surface area contributed by atoms with E-state index in [9.17, 15) is 9.90 Å². The minimum absolute atomic E-state index is 0. The number of aliphatic hydroxyl groups is 1. The van der Waals surface area contributed by atoms with Crippen molar-refractivity contribution in [1.29, 1.82) is 0 Å². The van der Waals surface area contributed by atoms with Crippen LogP contribution in [-0.4, -0.2) is 20.9 Å². The Morgan fingerprint density at radius 2 is 1.43 bits per heavy atom. The van der Waals surface area contributed by atoms with Crippen molar-refractivity contribution in [2.75, 3.05) is 0 Å². The first-order chi connectivity index (χ1) is 21.4. The first-order valence-corrected chi connectivity index (χ1v) is 16.5. The van der Waals surface area contributed by atoms with Crippen LogP contribution in [0.25, 0.3) is 43.7 Å². The molecule has 0 fully saturated rings. The zero-order valence-electron chi connectivity index (χ0n) is 28.9. The molecule has 5 heteroatoms. The average molecular weight is 794 g/mol. The van der Waals surface area contributed by atoms with Crippen LogP contribution in [0.5, 0.6) is 0 Å². The van der Waals surface area contributed by atoms with Gasteiger partial charge in [0, 0.05) is 48.3 Å². The predicted octanol–water partition coefficient (Wildman–Crippen LogP) is 11.5. The molecule has 46 heavy (non-hydrogen) atoms. The number of fused-ring (bicyclic) bond motifs is 4. The third-order valence-corrected chi connectivity index (χ3v) is 9.91. The largest absolute Gasteiger partial charge is 0.512 e. The van der Waals surface area contributed by atoms with Gasteiger partial charge < -0.3 is 5.11 Å². The molecule has 0 atom stereocenters. The van der Waals surface area contributed by atoms with Crippen LogP contribution in [0.4, 0.5) is 0 Å². The second-order valence-corrected chi connectivity index (χ2v) is 13.2. The number of nitrogens with zero attached hydrogens (tertiary/aromatic N) is 2. The zero-order valence-corrected chi connectivity index (χ0v) is 31.3. The second-order valence-electron chi connectivity index (χ2n) is 13.2. The van der Waals surface area contributed by atoms with Crippen molar-refractivity contribution < 1.29 is 30.0 Å². The van der Waals surface area contributed by atoms with E-state index in [1.165, 1.54) is 33.2 Å². The van der Waals surface area contributed by atoms with Gasteiger partial charge in [-0.15, -0.1) is 29.1 Å². The summed E-state index contributed by atoms with van der Waals surface area (Å²) in [5.74, 6) is 1.41. The number of carbonyl (C=O) groups excluding carboxylic acids is 1. The normalized spacial score (nSPS) is 12.3. The van der Waals surface area contributed by atoms with E-state index in [0.717, 1.165) is 53.7 Å². The summed E-state index contributed by atoms with van der Waals surface area (Å²) in [5, 5.41) is 16.0. The van der Waals surface area contributed by atoms with Crippen molar-refractivity contribution in [1.82, 2.24) is 9.97 Å². The van der Waals surface area contributed by atoms with Crippen LogP contribution >= 0.6 is 0 Å². The number of ketones is 1. The molecule has 0 aliphatic rings. The van der Waals surface area contributed by atoms with Crippen LogP contribution < -0.4 is 0 Å². The molecule has 0 saturated carbocycles. The molecule has 0 bridgehead atoms. The molecule has 0 unspecified atom stereocenters. The summed E-state index contributed by atoms with van der Waals surface area (Å²) in [6.45, 7) is 18.5. The van der Waals surface area contributed by atoms with Crippen molar-refractivity contribution >= 4 is 38.2 Å². The third-order valence-electron chi connectivity index (χ3n) is 9.91. The number of allylic oxidation sites excluding steroid dienone is 2. The third kappa shape index (κ3) is 7.76. The minimum Gasteiger partial charge on any atom is -0.512 e. The molecule has 0 aliphatic heterocycles. The van der Waals surface area contributed by atoms with E-state index in [4.69, 9.17) is 9.97 Å². The first kappa shape index (κ1) is 37.1. The number of benzene rings is 4. The van der Waals surface area contributed by atoms with Crippen molar-refractivity contribution in [3.8, 4) is 11.3 Å². The van der Waals surface area contributed by atoms with Gasteiger partial charge in [0.25, 0.3) is 0 Å². The maximum Gasteiger partial charge on any atom is 0.164 e. The van der Waals surface area contributed by atoms with Crippen molar-refractivity contribution in [2.45, 2.75) is 93.9 Å². The van der Waals surface area contributed by atoms with Crippen molar-refractivity contribution in [3.05, 3.63) is 96.0 Å². The fourth-order valence-electron chi connectivity index (χ4n) is 5.45. The van der Waals surface area contributed by atoms with Gasteiger partial charge in [-0.25, -0.2) is 4.98 Å². The Balaban J connectivity index is 0.000000280. The van der Waals surface area contributed by atoms with E-state index in [1.807, 2.05) is 41.5 Å². The molecule has 245 valence electrons. The Morgan fingerprint density at radius 1 is 0.826 bits per heavy atom. The van der Waals surface area contributed by atoms with Crippen LogP contribution in [-0.2, 0) is 24.9 Å². The average Bonchev–Trinajstić information content (AvgIpc) is 3.06. The molecule has 4 nitrogen and oxygen atoms in total. The summed E-state index contributed by atoms with van der Waals surface area (Å²) in [5.41, 5.74) is 3.64. The van der Waals surface area contributed by atoms with Gasteiger partial charge in [-0.1, -0.05) is 115 Å². The number of hydrogen-bond acceptors (Lipinski definition) is 4. The number of aromatic nitrogens is 2. The summed E-state index contributed by atoms with van der Waals surface area (Å²) in [6.07, 6.45) is 4.75. The van der Waals surface area contributed by atoms with Gasteiger partial charge in [-0.05, 0) is 55.1 Å². The van der Waals surface area contributed by atoms with E-state index >= 15 is 0 Å². The van der Waals surface area contributed by atoms with Gasteiger partial charge in [0.2, 0.25) is 0 Å². The fourth-order valence-corrected chi connectivity index (χ4v) is 5.45. The minimum atomic E-state index is -0.337. The maximum atomic E-state index is 12.2.